The molecular formula is C13H13FN4O2. The van der Waals surface area contributed by atoms with Gasteiger partial charge in [0.15, 0.2) is 11.6 Å². The number of hydrogen-bond acceptors (Lipinski definition) is 5. The molecule has 1 amide bonds. The van der Waals surface area contributed by atoms with Crippen molar-refractivity contribution < 1.29 is 13.9 Å². The zero-order valence-electron chi connectivity index (χ0n) is 10.7. The van der Waals surface area contributed by atoms with Crippen LogP contribution in [0.15, 0.2) is 36.4 Å². The molecule has 104 valence electrons. The van der Waals surface area contributed by atoms with Crippen LogP contribution in [0, 0.1) is 5.82 Å². The number of amides is 1. The first-order valence-corrected chi connectivity index (χ1v) is 5.72. The first kappa shape index (κ1) is 13.8. The Hall–Kier alpha value is -2.67. The van der Waals surface area contributed by atoms with Gasteiger partial charge >= 0.3 is 0 Å². The molecule has 20 heavy (non-hydrogen) atoms. The van der Waals surface area contributed by atoms with E-state index in [1.165, 1.54) is 31.4 Å². The number of nitrogens with two attached hydrogens (primary N) is 1. The van der Waals surface area contributed by atoms with E-state index in [0.29, 0.717) is 11.5 Å². The summed E-state index contributed by atoms with van der Waals surface area (Å²) in [5.41, 5.74) is 2.81. The van der Waals surface area contributed by atoms with Crippen LogP contribution in [0.25, 0.3) is 0 Å². The Kier molecular flexibility index (Phi) is 4.11. The van der Waals surface area contributed by atoms with Crippen LogP contribution in [0.3, 0.4) is 0 Å². The highest BCUT2D eigenvalue weighted by molar-refractivity contribution is 6.03. The van der Waals surface area contributed by atoms with Gasteiger partial charge in [-0.25, -0.2) is 15.2 Å². The first-order valence-electron chi connectivity index (χ1n) is 5.72. The Morgan fingerprint density at radius 3 is 2.80 bits per heavy atom. The van der Waals surface area contributed by atoms with Gasteiger partial charge < -0.3 is 15.5 Å². The van der Waals surface area contributed by atoms with Crippen molar-refractivity contribution in [2.24, 2.45) is 5.84 Å². The molecule has 4 N–H and O–H groups in total. The van der Waals surface area contributed by atoms with Crippen molar-refractivity contribution in [3.8, 4) is 5.75 Å². The number of pyridine rings is 1. The van der Waals surface area contributed by atoms with Gasteiger partial charge in [-0.05, 0) is 24.3 Å². The summed E-state index contributed by atoms with van der Waals surface area (Å²) in [5, 5.41) is 2.54. The average molecular weight is 276 g/mol. The lowest BCUT2D eigenvalue weighted by molar-refractivity contribution is 0.102. The van der Waals surface area contributed by atoms with Crippen LogP contribution in [-0.4, -0.2) is 18.0 Å². The third-order valence-corrected chi connectivity index (χ3v) is 2.54. The molecule has 7 heteroatoms. The molecular weight excluding hydrogens is 263 g/mol. The van der Waals surface area contributed by atoms with Crippen molar-refractivity contribution >= 4 is 17.4 Å². The van der Waals surface area contributed by atoms with Crippen LogP contribution in [0.4, 0.5) is 15.9 Å². The minimum absolute atomic E-state index is 0.107. The zero-order chi connectivity index (χ0) is 14.5. The number of methoxy groups -OCH3 is 1. The van der Waals surface area contributed by atoms with Crippen LogP contribution in [0.1, 0.15) is 10.5 Å². The number of anilines is 2. The minimum atomic E-state index is -0.560. The van der Waals surface area contributed by atoms with E-state index < -0.39 is 11.7 Å². The van der Waals surface area contributed by atoms with Crippen molar-refractivity contribution in [3.63, 3.8) is 0 Å². The Bertz CT molecular complexity index is 634. The molecule has 0 spiro atoms. The Morgan fingerprint density at radius 2 is 2.15 bits per heavy atom. The van der Waals surface area contributed by atoms with Crippen molar-refractivity contribution in [2.75, 3.05) is 17.9 Å². The quantitative estimate of drug-likeness (QED) is 0.585. The molecule has 0 aliphatic carbocycles. The maximum Gasteiger partial charge on any atom is 0.274 e. The number of aromatic nitrogens is 1. The highest BCUT2D eigenvalue weighted by Gasteiger charge is 2.10. The SMILES string of the molecule is COc1ccc(NC(=O)c2cccc(NN)n2)cc1F. The summed E-state index contributed by atoms with van der Waals surface area (Å²) in [5.74, 6) is 4.66. The number of carbonyl (C=O) groups is 1. The Labute approximate surface area is 114 Å². The van der Waals surface area contributed by atoms with Crippen molar-refractivity contribution in [3.05, 3.63) is 47.9 Å². The van der Waals surface area contributed by atoms with E-state index in [1.807, 2.05) is 0 Å². The molecule has 0 radical (unpaired) electrons. The third-order valence-electron chi connectivity index (χ3n) is 2.54. The Balaban J connectivity index is 2.16. The largest absolute Gasteiger partial charge is 0.494 e. The summed E-state index contributed by atoms with van der Waals surface area (Å²) in [6.07, 6.45) is 0. The van der Waals surface area contributed by atoms with Gasteiger partial charge in [0.2, 0.25) is 0 Å². The number of carbonyl (C=O) groups excluding carboxylic acids is 1. The van der Waals surface area contributed by atoms with E-state index in [2.05, 4.69) is 15.7 Å². The van der Waals surface area contributed by atoms with Gasteiger partial charge in [0.05, 0.1) is 7.11 Å². The Morgan fingerprint density at radius 1 is 1.35 bits per heavy atom. The zero-order valence-corrected chi connectivity index (χ0v) is 10.7. The standard InChI is InChI=1S/C13H13FN4O2/c1-20-11-6-5-8(7-9(11)14)16-13(19)10-3-2-4-12(17-10)18-15/h2-7H,15H2,1H3,(H,16,19)(H,17,18). The second-order valence-corrected chi connectivity index (χ2v) is 3.86. The predicted octanol–water partition coefficient (Wildman–Crippen LogP) is 1.77. The first-order chi connectivity index (χ1) is 9.63. The summed E-state index contributed by atoms with van der Waals surface area (Å²) < 4.78 is 18.3. The van der Waals surface area contributed by atoms with Gasteiger partial charge in [-0.2, -0.15) is 0 Å². The molecule has 0 aliphatic heterocycles. The number of benzene rings is 1. The van der Waals surface area contributed by atoms with Gasteiger partial charge in [-0.3, -0.25) is 4.79 Å². The summed E-state index contributed by atoms with van der Waals surface area (Å²) in [7, 11) is 1.37. The summed E-state index contributed by atoms with van der Waals surface area (Å²) >= 11 is 0. The van der Waals surface area contributed by atoms with Crippen LogP contribution < -0.4 is 21.3 Å². The smallest absolute Gasteiger partial charge is 0.274 e. The fraction of sp³-hybridized carbons (Fsp3) is 0.0769. The molecule has 1 aromatic heterocycles. The predicted molar refractivity (Wildman–Crippen MR) is 73.0 cm³/mol. The van der Waals surface area contributed by atoms with E-state index in [-0.39, 0.29) is 11.4 Å². The fourth-order valence-corrected chi connectivity index (χ4v) is 1.58. The molecule has 0 unspecified atom stereocenters. The highest BCUT2D eigenvalue weighted by atomic mass is 19.1. The normalized spacial score (nSPS) is 9.95. The molecule has 0 saturated heterocycles. The van der Waals surface area contributed by atoms with Crippen molar-refractivity contribution in [2.45, 2.75) is 0 Å². The molecule has 2 rings (SSSR count). The summed E-state index contributed by atoms with van der Waals surface area (Å²) in [6.45, 7) is 0. The van der Waals surface area contributed by atoms with E-state index >= 15 is 0 Å². The van der Waals surface area contributed by atoms with E-state index in [4.69, 9.17) is 10.6 Å². The number of hydrazine groups is 1. The van der Waals surface area contributed by atoms with Crippen LogP contribution in [0.5, 0.6) is 5.75 Å². The minimum Gasteiger partial charge on any atom is -0.494 e. The molecule has 1 heterocycles. The molecule has 1 aromatic carbocycles. The number of rotatable bonds is 4. The number of nitrogens with one attached hydrogen (secondary N) is 2. The number of hydrogen-bond donors (Lipinski definition) is 3. The molecule has 6 nitrogen and oxygen atoms in total. The highest BCUT2D eigenvalue weighted by Crippen LogP contribution is 2.21. The molecule has 0 fully saturated rings. The molecule has 0 saturated carbocycles. The second kappa shape index (κ2) is 5.98. The molecule has 0 atom stereocenters. The van der Waals surface area contributed by atoms with E-state index in [9.17, 15) is 9.18 Å². The van der Waals surface area contributed by atoms with Gasteiger partial charge in [0.25, 0.3) is 5.91 Å². The lowest BCUT2D eigenvalue weighted by atomic mass is 10.2. The maximum absolute atomic E-state index is 13.5. The lowest BCUT2D eigenvalue weighted by Gasteiger charge is -2.07. The summed E-state index contributed by atoms with van der Waals surface area (Å²) in [4.78, 5) is 15.9. The average Bonchev–Trinajstić information content (AvgIpc) is 2.47. The second-order valence-electron chi connectivity index (χ2n) is 3.86. The maximum atomic E-state index is 13.5. The van der Waals surface area contributed by atoms with Crippen LogP contribution in [-0.2, 0) is 0 Å². The van der Waals surface area contributed by atoms with Crippen LogP contribution in [0.2, 0.25) is 0 Å². The van der Waals surface area contributed by atoms with Crippen molar-refractivity contribution in [1.29, 1.82) is 0 Å². The third kappa shape index (κ3) is 3.01. The molecule has 2 aromatic rings. The van der Waals surface area contributed by atoms with Gasteiger partial charge in [-0.15, -0.1) is 0 Å². The van der Waals surface area contributed by atoms with E-state index in [1.54, 1.807) is 12.1 Å². The van der Waals surface area contributed by atoms with Crippen molar-refractivity contribution in [1.82, 2.24) is 4.98 Å². The summed E-state index contributed by atoms with van der Waals surface area (Å²) in [6, 6.07) is 8.90. The monoisotopic (exact) mass is 276 g/mol. The molecule has 0 bridgehead atoms. The number of halogens is 1. The lowest BCUT2D eigenvalue weighted by Crippen LogP contribution is -2.16. The number of nitrogens with zero attached hydrogens (tertiary/aromatic N) is 1. The van der Waals surface area contributed by atoms with Gasteiger partial charge in [0, 0.05) is 11.8 Å². The van der Waals surface area contributed by atoms with Crippen LogP contribution >= 0.6 is 0 Å². The fourth-order valence-electron chi connectivity index (χ4n) is 1.58. The van der Waals surface area contributed by atoms with Gasteiger partial charge in [0.1, 0.15) is 11.5 Å². The van der Waals surface area contributed by atoms with E-state index in [0.717, 1.165) is 0 Å². The molecule has 0 aliphatic rings. The number of ether oxygens (including phenoxy) is 1. The van der Waals surface area contributed by atoms with Gasteiger partial charge in [-0.1, -0.05) is 6.07 Å². The topological polar surface area (TPSA) is 89.3 Å². The number of nitrogen functional groups attached to an aromatic ring is 1.